The lowest BCUT2D eigenvalue weighted by Gasteiger charge is -2.14. The average molecular weight is 468 g/mol. The lowest BCUT2D eigenvalue weighted by molar-refractivity contribution is -0.147. The highest BCUT2D eigenvalue weighted by molar-refractivity contribution is 14.1. The third kappa shape index (κ3) is 20.3. The van der Waals surface area contributed by atoms with E-state index in [-0.39, 0.29) is 12.1 Å². The molecule has 0 aliphatic heterocycles. The van der Waals surface area contributed by atoms with Gasteiger partial charge in [-0.1, -0.05) is 113 Å². The maximum atomic E-state index is 10.9. The summed E-state index contributed by atoms with van der Waals surface area (Å²) in [6.45, 7) is 5.04. The summed E-state index contributed by atoms with van der Waals surface area (Å²) in [5.41, 5.74) is 0. The molecule has 1 atom stereocenters. The molecule has 0 saturated heterocycles. The lowest BCUT2D eigenvalue weighted by atomic mass is 10.0. The van der Waals surface area contributed by atoms with Crippen molar-refractivity contribution in [3.8, 4) is 0 Å². The number of carbonyl (C=O) groups excluding carboxylic acids is 1. The summed E-state index contributed by atoms with van der Waals surface area (Å²) in [6.07, 6.45) is 19.1. The van der Waals surface area contributed by atoms with E-state index in [1.807, 2.05) is 0 Å². The first-order valence-electron chi connectivity index (χ1n) is 10.5. The van der Waals surface area contributed by atoms with E-state index in [0.717, 1.165) is 17.5 Å². The molecule has 0 saturated carbocycles. The quantitative estimate of drug-likeness (QED) is 0.0900. The van der Waals surface area contributed by atoms with Crippen molar-refractivity contribution in [2.45, 2.75) is 110 Å². The van der Waals surface area contributed by atoms with Crippen LogP contribution in [0.4, 0.5) is 0 Å². The van der Waals surface area contributed by atoms with Gasteiger partial charge in [0.25, 0.3) is 0 Å². The van der Waals surface area contributed by atoms with Gasteiger partial charge in [-0.15, -0.1) is 0 Å². The molecule has 4 heteroatoms. The minimum atomic E-state index is -0.221. The van der Waals surface area contributed by atoms with E-state index in [9.17, 15) is 4.79 Å². The number of unbranched alkanes of at least 4 members (excludes halogenated alkanes) is 13. The number of alkyl halides is 1. The summed E-state index contributed by atoms with van der Waals surface area (Å²) >= 11 is 2.23. The summed E-state index contributed by atoms with van der Waals surface area (Å²) in [6, 6.07) is 0. The van der Waals surface area contributed by atoms with Gasteiger partial charge >= 0.3 is 5.97 Å². The van der Waals surface area contributed by atoms with Crippen LogP contribution in [-0.4, -0.2) is 29.7 Å². The highest BCUT2D eigenvalue weighted by Gasteiger charge is 2.09. The Morgan fingerprint density at radius 3 is 1.64 bits per heavy atom. The molecule has 0 amide bonds. The second-order valence-electron chi connectivity index (χ2n) is 7.06. The second-order valence-corrected chi connectivity index (χ2v) is 7.94. The molecule has 0 N–H and O–H groups in total. The fourth-order valence-electron chi connectivity index (χ4n) is 2.96. The van der Waals surface area contributed by atoms with E-state index in [1.165, 1.54) is 90.4 Å². The summed E-state index contributed by atoms with van der Waals surface area (Å²) in [5, 5.41) is 0. The molecule has 0 aliphatic rings. The molecule has 0 heterocycles. The van der Waals surface area contributed by atoms with Gasteiger partial charge in [-0.05, 0) is 6.42 Å². The molecule has 25 heavy (non-hydrogen) atoms. The van der Waals surface area contributed by atoms with Crippen molar-refractivity contribution in [3.63, 3.8) is 0 Å². The van der Waals surface area contributed by atoms with Crippen molar-refractivity contribution >= 4 is 28.6 Å². The lowest BCUT2D eigenvalue weighted by Crippen LogP contribution is -2.24. The Kier molecular flexibility index (Phi) is 20.6. The van der Waals surface area contributed by atoms with Gasteiger partial charge in [-0.3, -0.25) is 4.79 Å². The molecule has 150 valence electrons. The van der Waals surface area contributed by atoms with Crippen molar-refractivity contribution in [3.05, 3.63) is 0 Å². The van der Waals surface area contributed by atoms with Crippen LogP contribution in [0.25, 0.3) is 0 Å². The van der Waals surface area contributed by atoms with Gasteiger partial charge in [-0.2, -0.15) is 0 Å². The van der Waals surface area contributed by atoms with Gasteiger partial charge in [0.15, 0.2) is 0 Å². The molecule has 0 radical (unpaired) electrons. The Hall–Kier alpha value is 0.160. The van der Waals surface area contributed by atoms with Crippen molar-refractivity contribution in [2.75, 3.05) is 17.6 Å². The Morgan fingerprint density at radius 1 is 0.800 bits per heavy atom. The van der Waals surface area contributed by atoms with E-state index >= 15 is 0 Å². The first-order valence-corrected chi connectivity index (χ1v) is 12.0. The van der Waals surface area contributed by atoms with Crippen LogP contribution in [0.3, 0.4) is 0 Å². The topological polar surface area (TPSA) is 35.5 Å². The minimum absolute atomic E-state index is 0.0928. The maximum Gasteiger partial charge on any atom is 0.303 e. The SMILES string of the molecule is CCCCCCCCCCCCCCCCOC[C@@H](CI)OC(C)=O. The molecule has 0 unspecified atom stereocenters. The van der Waals surface area contributed by atoms with Gasteiger partial charge in [0.2, 0.25) is 0 Å². The number of hydrogen-bond acceptors (Lipinski definition) is 3. The molecule has 0 bridgehead atoms. The Bertz CT molecular complexity index is 284. The van der Waals surface area contributed by atoms with Crippen LogP contribution in [0.5, 0.6) is 0 Å². The Labute approximate surface area is 170 Å². The first kappa shape index (κ1) is 25.2. The zero-order chi connectivity index (χ0) is 18.6. The van der Waals surface area contributed by atoms with Crippen LogP contribution in [0.15, 0.2) is 0 Å². The fraction of sp³-hybridized carbons (Fsp3) is 0.952. The fourth-order valence-corrected chi connectivity index (χ4v) is 3.39. The first-order chi connectivity index (χ1) is 12.2. The molecular formula is C21H41IO3. The monoisotopic (exact) mass is 468 g/mol. The van der Waals surface area contributed by atoms with Crippen molar-refractivity contribution in [2.24, 2.45) is 0 Å². The molecule has 0 fully saturated rings. The zero-order valence-corrected chi connectivity index (χ0v) is 18.9. The molecular weight excluding hydrogens is 427 g/mol. The highest BCUT2D eigenvalue weighted by Crippen LogP contribution is 2.13. The summed E-state index contributed by atoms with van der Waals surface area (Å²) < 4.78 is 11.6. The van der Waals surface area contributed by atoms with Crippen molar-refractivity contribution in [1.82, 2.24) is 0 Å². The smallest absolute Gasteiger partial charge is 0.303 e. The highest BCUT2D eigenvalue weighted by atomic mass is 127. The average Bonchev–Trinajstić information content (AvgIpc) is 2.60. The number of carbonyl (C=O) groups is 1. The van der Waals surface area contributed by atoms with Crippen LogP contribution < -0.4 is 0 Å². The molecule has 0 aliphatic carbocycles. The molecule has 0 aromatic heterocycles. The van der Waals surface area contributed by atoms with E-state index in [2.05, 4.69) is 29.5 Å². The van der Waals surface area contributed by atoms with Gasteiger partial charge in [-0.25, -0.2) is 0 Å². The maximum absolute atomic E-state index is 10.9. The number of ether oxygens (including phenoxy) is 2. The van der Waals surface area contributed by atoms with Crippen molar-refractivity contribution in [1.29, 1.82) is 0 Å². The predicted molar refractivity (Wildman–Crippen MR) is 116 cm³/mol. The minimum Gasteiger partial charge on any atom is -0.459 e. The number of hydrogen-bond donors (Lipinski definition) is 0. The van der Waals surface area contributed by atoms with Gasteiger partial charge in [0.05, 0.1) is 6.61 Å². The third-order valence-corrected chi connectivity index (χ3v) is 5.43. The Balaban J connectivity index is 3.15. The molecule has 0 aromatic rings. The summed E-state index contributed by atoms with van der Waals surface area (Å²) in [5.74, 6) is -0.221. The zero-order valence-electron chi connectivity index (χ0n) is 16.7. The summed E-state index contributed by atoms with van der Waals surface area (Å²) in [4.78, 5) is 10.9. The molecule has 0 spiro atoms. The van der Waals surface area contributed by atoms with E-state index in [1.54, 1.807) is 0 Å². The molecule has 0 aromatic carbocycles. The van der Waals surface area contributed by atoms with Crippen LogP contribution in [0, 0.1) is 0 Å². The largest absolute Gasteiger partial charge is 0.459 e. The normalized spacial score (nSPS) is 12.3. The number of rotatable bonds is 19. The van der Waals surface area contributed by atoms with Crippen LogP contribution in [-0.2, 0) is 14.3 Å². The van der Waals surface area contributed by atoms with Crippen LogP contribution in [0.1, 0.15) is 104 Å². The van der Waals surface area contributed by atoms with E-state index < -0.39 is 0 Å². The van der Waals surface area contributed by atoms with Crippen LogP contribution in [0.2, 0.25) is 0 Å². The van der Waals surface area contributed by atoms with Crippen LogP contribution >= 0.6 is 22.6 Å². The van der Waals surface area contributed by atoms with Gasteiger partial charge in [0, 0.05) is 18.0 Å². The van der Waals surface area contributed by atoms with Gasteiger partial charge < -0.3 is 9.47 Å². The van der Waals surface area contributed by atoms with Crippen molar-refractivity contribution < 1.29 is 14.3 Å². The van der Waals surface area contributed by atoms with E-state index in [4.69, 9.17) is 9.47 Å². The predicted octanol–water partition coefficient (Wildman–Crippen LogP) is 6.85. The Morgan fingerprint density at radius 2 is 1.24 bits per heavy atom. The molecule has 3 nitrogen and oxygen atoms in total. The van der Waals surface area contributed by atoms with Gasteiger partial charge in [0.1, 0.15) is 6.10 Å². The third-order valence-electron chi connectivity index (χ3n) is 4.45. The number of halogens is 1. The molecule has 0 rings (SSSR count). The second kappa shape index (κ2) is 20.5. The number of esters is 1. The summed E-state index contributed by atoms with van der Waals surface area (Å²) in [7, 11) is 0. The standard InChI is InChI=1S/C21H41IO3/c1-3-4-5-6-7-8-9-10-11-12-13-14-15-16-17-24-19-21(18-22)25-20(2)23/h21H,3-19H2,1-2H3/t21-/m1/s1. The van der Waals surface area contributed by atoms with E-state index in [0.29, 0.717) is 6.61 Å².